The molecule has 2 atom stereocenters. The zero-order valence-electron chi connectivity index (χ0n) is 11.5. The van der Waals surface area contributed by atoms with Gasteiger partial charge in [0.05, 0.1) is 0 Å². The molecule has 2 fully saturated rings. The van der Waals surface area contributed by atoms with Gasteiger partial charge in [-0.05, 0) is 42.2 Å². The summed E-state index contributed by atoms with van der Waals surface area (Å²) >= 11 is 0. The number of rotatable bonds is 1. The van der Waals surface area contributed by atoms with E-state index >= 15 is 0 Å². The SMILES string of the molecule is CC1(C)CC2CC(C)(CN2C(=O)c2ccc[nH]2)C1. The minimum Gasteiger partial charge on any atom is -0.357 e. The first-order valence-electron chi connectivity index (χ1n) is 6.83. The van der Waals surface area contributed by atoms with Crippen molar-refractivity contribution in [2.75, 3.05) is 6.54 Å². The molecule has 1 aromatic rings. The molecule has 1 amide bonds. The van der Waals surface area contributed by atoms with Gasteiger partial charge in [0.15, 0.2) is 0 Å². The third kappa shape index (κ3) is 1.86. The summed E-state index contributed by atoms with van der Waals surface area (Å²) in [6.45, 7) is 7.92. The van der Waals surface area contributed by atoms with E-state index in [9.17, 15) is 4.79 Å². The van der Waals surface area contributed by atoms with Gasteiger partial charge in [0.25, 0.3) is 5.91 Å². The second kappa shape index (κ2) is 3.62. The standard InChI is InChI=1S/C15H22N2O/c1-14(2)7-11-8-15(3,9-14)10-17(11)13(18)12-5-4-6-16-12/h4-6,11,16H,7-10H2,1-3H3. The Morgan fingerprint density at radius 3 is 2.83 bits per heavy atom. The summed E-state index contributed by atoms with van der Waals surface area (Å²) in [5.41, 5.74) is 1.40. The van der Waals surface area contributed by atoms with E-state index in [2.05, 4.69) is 30.7 Å². The van der Waals surface area contributed by atoms with Crippen molar-refractivity contribution in [1.29, 1.82) is 0 Å². The summed E-state index contributed by atoms with van der Waals surface area (Å²) in [6, 6.07) is 4.19. The Morgan fingerprint density at radius 2 is 2.17 bits per heavy atom. The highest BCUT2D eigenvalue weighted by Gasteiger charge is 2.51. The molecule has 3 heteroatoms. The predicted molar refractivity (Wildman–Crippen MR) is 71.4 cm³/mol. The highest BCUT2D eigenvalue weighted by Crippen LogP contribution is 2.52. The van der Waals surface area contributed by atoms with Crippen LogP contribution in [0.1, 0.15) is 50.5 Å². The van der Waals surface area contributed by atoms with Gasteiger partial charge in [0.2, 0.25) is 0 Å². The maximum atomic E-state index is 12.5. The van der Waals surface area contributed by atoms with E-state index in [4.69, 9.17) is 0 Å². The number of hydrogen-bond acceptors (Lipinski definition) is 1. The van der Waals surface area contributed by atoms with Crippen molar-refractivity contribution in [3.05, 3.63) is 24.0 Å². The van der Waals surface area contributed by atoms with Gasteiger partial charge in [-0.15, -0.1) is 0 Å². The second-order valence-electron chi connectivity index (χ2n) is 7.23. The zero-order valence-corrected chi connectivity index (χ0v) is 11.5. The Balaban J connectivity index is 1.86. The maximum Gasteiger partial charge on any atom is 0.270 e. The molecule has 2 heterocycles. The number of nitrogens with one attached hydrogen (secondary N) is 1. The fraction of sp³-hybridized carbons (Fsp3) is 0.667. The van der Waals surface area contributed by atoms with Crippen LogP contribution in [0.25, 0.3) is 0 Å². The van der Waals surface area contributed by atoms with Crippen LogP contribution in [0, 0.1) is 10.8 Å². The van der Waals surface area contributed by atoms with Crippen molar-refractivity contribution in [3.63, 3.8) is 0 Å². The van der Waals surface area contributed by atoms with E-state index in [0.29, 0.717) is 16.9 Å². The molecule has 2 aliphatic rings. The van der Waals surface area contributed by atoms with Gasteiger partial charge < -0.3 is 9.88 Å². The predicted octanol–water partition coefficient (Wildman–Crippen LogP) is 3.06. The van der Waals surface area contributed by atoms with Crippen LogP contribution in [-0.2, 0) is 0 Å². The van der Waals surface area contributed by atoms with Gasteiger partial charge in [0.1, 0.15) is 5.69 Å². The van der Waals surface area contributed by atoms with E-state index < -0.39 is 0 Å². The van der Waals surface area contributed by atoms with Crippen LogP contribution >= 0.6 is 0 Å². The summed E-state index contributed by atoms with van der Waals surface area (Å²) in [4.78, 5) is 17.6. The number of aromatic nitrogens is 1. The number of H-pyrrole nitrogens is 1. The lowest BCUT2D eigenvalue weighted by molar-refractivity contribution is 0.0703. The first-order chi connectivity index (χ1) is 8.39. The van der Waals surface area contributed by atoms with E-state index in [0.717, 1.165) is 18.7 Å². The molecular weight excluding hydrogens is 224 g/mol. The van der Waals surface area contributed by atoms with E-state index in [1.807, 2.05) is 18.3 Å². The lowest BCUT2D eigenvalue weighted by Crippen LogP contribution is -2.37. The van der Waals surface area contributed by atoms with Crippen LogP contribution < -0.4 is 0 Å². The largest absolute Gasteiger partial charge is 0.357 e. The van der Waals surface area contributed by atoms with Gasteiger partial charge in [-0.2, -0.15) is 0 Å². The number of amides is 1. The molecule has 1 aliphatic heterocycles. The molecule has 2 bridgehead atoms. The summed E-state index contributed by atoms with van der Waals surface area (Å²) in [6.07, 6.45) is 5.35. The normalized spacial score (nSPS) is 33.7. The van der Waals surface area contributed by atoms with Crippen molar-refractivity contribution in [1.82, 2.24) is 9.88 Å². The highest BCUT2D eigenvalue weighted by atomic mass is 16.2. The number of likely N-dealkylation sites (tertiary alicyclic amines) is 1. The van der Waals surface area contributed by atoms with Crippen LogP contribution in [0.15, 0.2) is 18.3 Å². The Hall–Kier alpha value is -1.25. The first-order valence-corrected chi connectivity index (χ1v) is 6.83. The third-order valence-electron chi connectivity index (χ3n) is 4.50. The van der Waals surface area contributed by atoms with Crippen molar-refractivity contribution >= 4 is 5.91 Å². The van der Waals surface area contributed by atoms with Crippen LogP contribution in [0.3, 0.4) is 0 Å². The molecule has 2 unspecified atom stereocenters. The molecule has 1 N–H and O–H groups in total. The lowest BCUT2D eigenvalue weighted by atomic mass is 9.65. The van der Waals surface area contributed by atoms with E-state index in [-0.39, 0.29) is 5.91 Å². The molecule has 0 spiro atoms. The fourth-order valence-electron chi connectivity index (χ4n) is 4.32. The first kappa shape index (κ1) is 11.8. The molecule has 1 aromatic heterocycles. The van der Waals surface area contributed by atoms with Gasteiger partial charge in [-0.25, -0.2) is 0 Å². The second-order valence-corrected chi connectivity index (χ2v) is 7.23. The van der Waals surface area contributed by atoms with Gasteiger partial charge in [-0.1, -0.05) is 20.8 Å². The molecule has 18 heavy (non-hydrogen) atoms. The average Bonchev–Trinajstić information content (AvgIpc) is 2.82. The molecule has 1 saturated carbocycles. The summed E-state index contributed by atoms with van der Waals surface area (Å²) in [5, 5.41) is 0. The Morgan fingerprint density at radius 1 is 1.39 bits per heavy atom. The van der Waals surface area contributed by atoms with Crippen molar-refractivity contribution < 1.29 is 4.79 Å². The quantitative estimate of drug-likeness (QED) is 0.812. The summed E-state index contributed by atoms with van der Waals surface area (Å²) < 4.78 is 0. The topological polar surface area (TPSA) is 36.1 Å². The Labute approximate surface area is 109 Å². The number of aromatic amines is 1. The molecule has 0 radical (unpaired) electrons. The van der Waals surface area contributed by atoms with Crippen molar-refractivity contribution in [3.8, 4) is 0 Å². The van der Waals surface area contributed by atoms with Crippen LogP contribution in [0.5, 0.6) is 0 Å². The number of nitrogens with zero attached hydrogens (tertiary/aromatic N) is 1. The molecule has 3 rings (SSSR count). The monoisotopic (exact) mass is 246 g/mol. The highest BCUT2D eigenvalue weighted by molar-refractivity contribution is 5.93. The molecular formula is C15H22N2O. The molecule has 1 saturated heterocycles. The van der Waals surface area contributed by atoms with Gasteiger partial charge >= 0.3 is 0 Å². The smallest absolute Gasteiger partial charge is 0.270 e. The number of carbonyl (C=O) groups excluding carboxylic acids is 1. The van der Waals surface area contributed by atoms with Crippen molar-refractivity contribution in [2.24, 2.45) is 10.8 Å². The van der Waals surface area contributed by atoms with Gasteiger partial charge in [-0.3, -0.25) is 4.79 Å². The molecule has 98 valence electrons. The van der Waals surface area contributed by atoms with Crippen LogP contribution in [0.2, 0.25) is 0 Å². The Kier molecular flexibility index (Phi) is 2.38. The third-order valence-corrected chi connectivity index (χ3v) is 4.50. The fourth-order valence-corrected chi connectivity index (χ4v) is 4.32. The number of hydrogen-bond donors (Lipinski definition) is 1. The van der Waals surface area contributed by atoms with E-state index in [1.165, 1.54) is 12.8 Å². The van der Waals surface area contributed by atoms with Crippen LogP contribution in [-0.4, -0.2) is 28.4 Å². The molecule has 0 aromatic carbocycles. The van der Waals surface area contributed by atoms with Crippen LogP contribution in [0.4, 0.5) is 0 Å². The number of fused-ring (bicyclic) bond motifs is 2. The molecule has 1 aliphatic carbocycles. The number of carbonyl (C=O) groups is 1. The van der Waals surface area contributed by atoms with Gasteiger partial charge in [0, 0.05) is 18.8 Å². The van der Waals surface area contributed by atoms with E-state index in [1.54, 1.807) is 0 Å². The minimum absolute atomic E-state index is 0.173. The summed E-state index contributed by atoms with van der Waals surface area (Å²) in [5.74, 6) is 0.173. The average molecular weight is 246 g/mol. The molecule has 3 nitrogen and oxygen atoms in total. The van der Waals surface area contributed by atoms with Crippen molar-refractivity contribution in [2.45, 2.75) is 46.1 Å². The maximum absolute atomic E-state index is 12.5. The summed E-state index contributed by atoms with van der Waals surface area (Å²) in [7, 11) is 0. The Bertz CT molecular complexity index is 463. The zero-order chi connectivity index (χ0) is 13.0. The lowest BCUT2D eigenvalue weighted by Gasteiger charge is -2.39. The minimum atomic E-state index is 0.173.